The number of aliphatic carboxylic acids is 1. The molecule has 0 spiro atoms. The molecule has 0 saturated heterocycles. The number of aliphatic hydroxyl groups excluding tert-OH is 1. The average molecular weight is 417 g/mol. The van der Waals surface area contributed by atoms with Crippen LogP contribution in [-0.2, 0) is 24.0 Å². The summed E-state index contributed by atoms with van der Waals surface area (Å²) in [5.41, 5.74) is 10.4. The molecule has 29 heavy (non-hydrogen) atoms. The minimum atomic E-state index is -1.56. The van der Waals surface area contributed by atoms with Crippen molar-refractivity contribution in [3.63, 3.8) is 0 Å². The molecule has 0 aliphatic heterocycles. The van der Waals surface area contributed by atoms with Crippen LogP contribution in [-0.4, -0.2) is 70.1 Å². The summed E-state index contributed by atoms with van der Waals surface area (Å²) in [4.78, 5) is 59.0. The van der Waals surface area contributed by atoms with E-state index >= 15 is 0 Å². The zero-order chi connectivity index (χ0) is 22.9. The van der Waals surface area contributed by atoms with Gasteiger partial charge in [0.2, 0.25) is 23.6 Å². The van der Waals surface area contributed by atoms with Gasteiger partial charge in [-0.3, -0.25) is 19.2 Å². The Morgan fingerprint density at radius 1 is 0.862 bits per heavy atom. The zero-order valence-electron chi connectivity index (χ0n) is 17.0. The van der Waals surface area contributed by atoms with Crippen molar-refractivity contribution in [2.45, 2.75) is 70.8 Å². The number of nitrogens with two attached hydrogens (primary N) is 2. The van der Waals surface area contributed by atoms with Crippen molar-refractivity contribution < 1.29 is 34.2 Å². The van der Waals surface area contributed by atoms with Crippen LogP contribution in [0.3, 0.4) is 0 Å². The van der Waals surface area contributed by atoms with Gasteiger partial charge in [0.25, 0.3) is 0 Å². The van der Waals surface area contributed by atoms with E-state index in [-0.39, 0.29) is 12.3 Å². The molecule has 12 heteroatoms. The predicted octanol–water partition coefficient (Wildman–Crippen LogP) is -2.83. The van der Waals surface area contributed by atoms with Gasteiger partial charge in [-0.05, 0) is 26.2 Å². The van der Waals surface area contributed by atoms with E-state index in [0.29, 0.717) is 0 Å². The molecule has 4 amide bonds. The fraction of sp³-hybridized carbons (Fsp3) is 0.706. The zero-order valence-corrected chi connectivity index (χ0v) is 17.0. The summed E-state index contributed by atoms with van der Waals surface area (Å²) in [6.45, 7) is 6.21. The van der Waals surface area contributed by atoms with E-state index in [1.807, 2.05) is 0 Å². The molecular weight excluding hydrogens is 386 g/mol. The van der Waals surface area contributed by atoms with Crippen LogP contribution in [0.25, 0.3) is 0 Å². The van der Waals surface area contributed by atoms with Crippen LogP contribution in [0.2, 0.25) is 0 Å². The monoisotopic (exact) mass is 417 g/mol. The first-order valence-corrected chi connectivity index (χ1v) is 9.12. The highest BCUT2D eigenvalue weighted by Gasteiger charge is 2.32. The topological polar surface area (TPSA) is 214 Å². The Kier molecular flexibility index (Phi) is 10.8. The van der Waals surface area contributed by atoms with Gasteiger partial charge in [0.15, 0.2) is 0 Å². The van der Waals surface area contributed by atoms with Crippen LogP contribution in [0.15, 0.2) is 0 Å². The lowest BCUT2D eigenvalue weighted by Gasteiger charge is -2.26. The van der Waals surface area contributed by atoms with Gasteiger partial charge < -0.3 is 37.6 Å². The van der Waals surface area contributed by atoms with Crippen molar-refractivity contribution in [3.05, 3.63) is 0 Å². The van der Waals surface area contributed by atoms with E-state index < -0.39 is 66.3 Å². The average Bonchev–Trinajstić information content (AvgIpc) is 2.56. The Labute approximate surface area is 168 Å². The number of carboxylic acid groups (broad SMARTS) is 1. The minimum absolute atomic E-state index is 0.0749. The number of aliphatic hydroxyl groups is 1. The van der Waals surface area contributed by atoms with Crippen LogP contribution in [0, 0.1) is 5.92 Å². The molecule has 0 radical (unpaired) electrons. The molecule has 0 aliphatic carbocycles. The largest absolute Gasteiger partial charge is 0.480 e. The molecule has 0 fully saturated rings. The minimum Gasteiger partial charge on any atom is -0.480 e. The van der Waals surface area contributed by atoms with Crippen molar-refractivity contribution >= 4 is 29.6 Å². The Hall–Kier alpha value is -2.73. The lowest BCUT2D eigenvalue weighted by atomic mass is 10.0. The van der Waals surface area contributed by atoms with Gasteiger partial charge in [0.1, 0.15) is 18.1 Å². The van der Waals surface area contributed by atoms with E-state index in [0.717, 1.165) is 0 Å². The fourth-order valence-corrected chi connectivity index (χ4v) is 2.33. The van der Waals surface area contributed by atoms with Crippen molar-refractivity contribution in [2.24, 2.45) is 17.4 Å². The maximum Gasteiger partial charge on any atom is 0.326 e. The molecule has 0 rings (SSSR count). The van der Waals surface area contributed by atoms with Gasteiger partial charge in [0.05, 0.1) is 18.6 Å². The van der Waals surface area contributed by atoms with Gasteiger partial charge in [-0.15, -0.1) is 0 Å². The third-order valence-electron chi connectivity index (χ3n) is 3.84. The molecule has 0 aromatic heterocycles. The van der Waals surface area contributed by atoms with Crippen LogP contribution in [0.1, 0.15) is 40.5 Å². The smallest absolute Gasteiger partial charge is 0.326 e. The molecule has 0 saturated carbocycles. The Morgan fingerprint density at radius 2 is 1.38 bits per heavy atom. The highest BCUT2D eigenvalue weighted by molar-refractivity contribution is 5.95. The molecule has 0 aliphatic rings. The van der Waals surface area contributed by atoms with Crippen molar-refractivity contribution in [1.29, 1.82) is 0 Å². The third-order valence-corrected chi connectivity index (χ3v) is 3.84. The number of carboxylic acids is 1. The van der Waals surface area contributed by atoms with Gasteiger partial charge in [-0.2, -0.15) is 0 Å². The lowest BCUT2D eigenvalue weighted by molar-refractivity contribution is -0.144. The molecule has 166 valence electrons. The summed E-state index contributed by atoms with van der Waals surface area (Å²) in [7, 11) is 0. The molecule has 0 heterocycles. The van der Waals surface area contributed by atoms with Crippen LogP contribution >= 0.6 is 0 Å². The number of nitrogens with one attached hydrogen (secondary N) is 3. The van der Waals surface area contributed by atoms with Gasteiger partial charge in [-0.25, -0.2) is 4.79 Å². The number of primary amides is 1. The summed E-state index contributed by atoms with van der Waals surface area (Å²) in [5.74, 6) is -4.83. The van der Waals surface area contributed by atoms with E-state index in [1.165, 1.54) is 13.8 Å². The van der Waals surface area contributed by atoms with Crippen molar-refractivity contribution in [1.82, 2.24) is 16.0 Å². The van der Waals surface area contributed by atoms with E-state index in [4.69, 9.17) is 16.6 Å². The molecule has 0 bridgehead atoms. The second-order valence-corrected chi connectivity index (χ2v) is 7.28. The maximum atomic E-state index is 12.5. The number of rotatable bonds is 12. The number of hydrogen-bond donors (Lipinski definition) is 7. The Balaban J connectivity index is 5.40. The molecule has 0 aromatic rings. The number of hydrogen-bond acceptors (Lipinski definition) is 7. The van der Waals surface area contributed by atoms with Gasteiger partial charge >= 0.3 is 5.97 Å². The third kappa shape index (κ3) is 9.85. The first-order valence-electron chi connectivity index (χ1n) is 9.12. The van der Waals surface area contributed by atoms with Crippen molar-refractivity contribution in [2.75, 3.05) is 0 Å². The summed E-state index contributed by atoms with van der Waals surface area (Å²) in [6, 6.07) is -5.04. The highest BCUT2D eigenvalue weighted by Crippen LogP contribution is 2.07. The first-order chi connectivity index (χ1) is 13.3. The molecule has 0 aromatic carbocycles. The van der Waals surface area contributed by atoms with E-state index in [9.17, 15) is 29.1 Å². The lowest BCUT2D eigenvalue weighted by Crippen LogP contribution is -2.59. The Bertz CT molecular complexity index is 621. The molecule has 9 N–H and O–H groups in total. The standard InChI is InChI=1S/C17H31N5O7/c1-7(2)5-10(15(26)21-11(17(28)29)6-12(19)24)20-16(27)13(9(4)23)22-14(25)8(3)18/h7-11,13,23H,5-6,18H2,1-4H3,(H2,19,24)(H,20,27)(H,21,26)(H,22,25)(H,28,29). The predicted molar refractivity (Wildman–Crippen MR) is 102 cm³/mol. The molecule has 5 unspecified atom stereocenters. The normalized spacial score (nSPS) is 16.1. The van der Waals surface area contributed by atoms with Crippen molar-refractivity contribution in [3.8, 4) is 0 Å². The van der Waals surface area contributed by atoms with E-state index in [1.54, 1.807) is 13.8 Å². The quantitative estimate of drug-likeness (QED) is 0.175. The SMILES string of the molecule is CC(C)CC(NC(=O)C(NC(=O)C(C)N)C(C)O)C(=O)NC(CC(N)=O)C(=O)O. The highest BCUT2D eigenvalue weighted by atomic mass is 16.4. The number of amides is 4. The van der Waals surface area contributed by atoms with Gasteiger partial charge in [0, 0.05) is 0 Å². The van der Waals surface area contributed by atoms with Crippen LogP contribution in [0.5, 0.6) is 0 Å². The second kappa shape index (κ2) is 12.0. The summed E-state index contributed by atoms with van der Waals surface area (Å²) in [5, 5.41) is 25.8. The fourth-order valence-electron chi connectivity index (χ4n) is 2.33. The summed E-state index contributed by atoms with van der Waals surface area (Å²) in [6.07, 6.45) is -1.78. The first kappa shape index (κ1) is 26.3. The second-order valence-electron chi connectivity index (χ2n) is 7.28. The van der Waals surface area contributed by atoms with Crippen LogP contribution < -0.4 is 27.4 Å². The Morgan fingerprint density at radius 3 is 1.76 bits per heavy atom. The molecule has 12 nitrogen and oxygen atoms in total. The molecule has 5 atom stereocenters. The van der Waals surface area contributed by atoms with E-state index in [2.05, 4.69) is 16.0 Å². The summed E-state index contributed by atoms with van der Waals surface area (Å²) < 4.78 is 0. The number of carbonyl (C=O) groups excluding carboxylic acids is 4. The maximum absolute atomic E-state index is 12.5. The summed E-state index contributed by atoms with van der Waals surface area (Å²) >= 11 is 0. The van der Waals surface area contributed by atoms with Crippen LogP contribution in [0.4, 0.5) is 0 Å². The molecular formula is C17H31N5O7. The number of carbonyl (C=O) groups is 5. The van der Waals surface area contributed by atoms with Gasteiger partial charge in [-0.1, -0.05) is 13.8 Å².